The van der Waals surface area contributed by atoms with Crippen LogP contribution in [-0.4, -0.2) is 45.1 Å². The number of benzene rings is 1. The van der Waals surface area contributed by atoms with Crippen molar-refractivity contribution in [1.29, 1.82) is 0 Å². The molecule has 1 atom stereocenters. The maximum atomic E-state index is 10.9. The van der Waals surface area contributed by atoms with Gasteiger partial charge in [-0.05, 0) is 57.7 Å². The van der Waals surface area contributed by atoms with Crippen LogP contribution >= 0.6 is 0 Å². The maximum absolute atomic E-state index is 10.9. The molecule has 0 aliphatic carbocycles. The molecule has 2 aromatic rings. The average molecular weight is 339 g/mol. The SMILES string of the molecule is CC(C)N1CCC[C@@H](Cc2cnc(-c3ccc(C(=O)O)cc3)cn2)C1. The van der Waals surface area contributed by atoms with Gasteiger partial charge in [-0.3, -0.25) is 9.97 Å². The molecule has 0 radical (unpaired) electrons. The first-order valence-corrected chi connectivity index (χ1v) is 8.91. The Balaban J connectivity index is 1.65. The monoisotopic (exact) mass is 339 g/mol. The van der Waals surface area contributed by atoms with Crippen molar-refractivity contribution in [3.8, 4) is 11.3 Å². The number of aromatic carboxylic acids is 1. The number of carboxylic acids is 1. The third-order valence-corrected chi connectivity index (χ3v) is 4.91. The van der Waals surface area contributed by atoms with Gasteiger partial charge in [-0.25, -0.2) is 4.79 Å². The molecule has 5 heteroatoms. The van der Waals surface area contributed by atoms with Crippen molar-refractivity contribution >= 4 is 5.97 Å². The van der Waals surface area contributed by atoms with Crippen molar-refractivity contribution in [2.45, 2.75) is 39.2 Å². The van der Waals surface area contributed by atoms with Gasteiger partial charge in [-0.1, -0.05) is 12.1 Å². The summed E-state index contributed by atoms with van der Waals surface area (Å²) in [6, 6.07) is 7.33. The zero-order valence-electron chi connectivity index (χ0n) is 14.9. The molecule has 1 aromatic heterocycles. The van der Waals surface area contributed by atoms with E-state index in [0.29, 0.717) is 12.0 Å². The van der Waals surface area contributed by atoms with E-state index in [0.717, 1.165) is 29.9 Å². The summed E-state index contributed by atoms with van der Waals surface area (Å²) in [4.78, 5) is 22.6. The topological polar surface area (TPSA) is 66.3 Å². The Morgan fingerprint density at radius 2 is 2.00 bits per heavy atom. The summed E-state index contributed by atoms with van der Waals surface area (Å²) in [5.74, 6) is -0.276. The second kappa shape index (κ2) is 7.74. The van der Waals surface area contributed by atoms with Gasteiger partial charge in [0, 0.05) is 24.3 Å². The summed E-state index contributed by atoms with van der Waals surface area (Å²) < 4.78 is 0. The predicted molar refractivity (Wildman–Crippen MR) is 97.6 cm³/mol. The Morgan fingerprint density at radius 1 is 1.24 bits per heavy atom. The molecular formula is C20H25N3O2. The predicted octanol–water partition coefficient (Wildman–Crippen LogP) is 3.50. The van der Waals surface area contributed by atoms with Crippen molar-refractivity contribution in [3.63, 3.8) is 0 Å². The van der Waals surface area contributed by atoms with E-state index in [2.05, 4.69) is 28.7 Å². The van der Waals surface area contributed by atoms with E-state index in [1.807, 2.05) is 6.20 Å². The first-order valence-electron chi connectivity index (χ1n) is 8.91. The van der Waals surface area contributed by atoms with Crippen LogP contribution in [0.3, 0.4) is 0 Å². The fourth-order valence-electron chi connectivity index (χ4n) is 3.42. The Labute approximate surface area is 148 Å². The number of piperidine rings is 1. The lowest BCUT2D eigenvalue weighted by atomic mass is 9.93. The Bertz CT molecular complexity index is 711. The van der Waals surface area contributed by atoms with E-state index in [4.69, 9.17) is 5.11 Å². The van der Waals surface area contributed by atoms with Gasteiger partial charge < -0.3 is 10.0 Å². The number of hydrogen-bond acceptors (Lipinski definition) is 4. The zero-order chi connectivity index (χ0) is 17.8. The lowest BCUT2D eigenvalue weighted by Gasteiger charge is -2.35. The van der Waals surface area contributed by atoms with Crippen LogP contribution < -0.4 is 0 Å². The molecule has 0 bridgehead atoms. The first kappa shape index (κ1) is 17.5. The van der Waals surface area contributed by atoms with Crippen LogP contribution in [0.1, 0.15) is 42.7 Å². The summed E-state index contributed by atoms with van der Waals surface area (Å²) in [5.41, 5.74) is 2.96. The number of nitrogens with zero attached hydrogens (tertiary/aromatic N) is 3. The third kappa shape index (κ3) is 4.42. The van der Waals surface area contributed by atoms with E-state index in [1.54, 1.807) is 30.5 Å². The van der Waals surface area contributed by atoms with Crippen molar-refractivity contribution < 1.29 is 9.90 Å². The van der Waals surface area contributed by atoms with E-state index in [9.17, 15) is 4.79 Å². The maximum Gasteiger partial charge on any atom is 0.335 e. The molecule has 0 amide bonds. The average Bonchev–Trinajstić information content (AvgIpc) is 2.63. The lowest BCUT2D eigenvalue weighted by molar-refractivity contribution is 0.0697. The Morgan fingerprint density at radius 3 is 2.60 bits per heavy atom. The van der Waals surface area contributed by atoms with E-state index in [1.165, 1.54) is 19.4 Å². The van der Waals surface area contributed by atoms with Crippen LogP contribution in [0.5, 0.6) is 0 Å². The van der Waals surface area contributed by atoms with Crippen LogP contribution in [0.2, 0.25) is 0 Å². The van der Waals surface area contributed by atoms with Crippen molar-refractivity contribution in [2.75, 3.05) is 13.1 Å². The van der Waals surface area contributed by atoms with E-state index in [-0.39, 0.29) is 5.56 Å². The normalized spacial score (nSPS) is 18.4. The highest BCUT2D eigenvalue weighted by Gasteiger charge is 2.22. The molecule has 0 unspecified atom stereocenters. The van der Waals surface area contributed by atoms with Crippen molar-refractivity contribution in [2.24, 2.45) is 5.92 Å². The number of likely N-dealkylation sites (tertiary alicyclic amines) is 1. The van der Waals surface area contributed by atoms with Gasteiger partial charge >= 0.3 is 5.97 Å². The van der Waals surface area contributed by atoms with Gasteiger partial charge in [0.25, 0.3) is 0 Å². The molecule has 1 saturated heterocycles. The van der Waals surface area contributed by atoms with Crippen LogP contribution in [-0.2, 0) is 6.42 Å². The van der Waals surface area contributed by atoms with Crippen LogP contribution in [0.15, 0.2) is 36.7 Å². The Hall–Kier alpha value is -2.27. The largest absolute Gasteiger partial charge is 0.478 e. The number of rotatable bonds is 5. The van der Waals surface area contributed by atoms with Gasteiger partial charge in [0.1, 0.15) is 0 Å². The minimum absolute atomic E-state index is 0.278. The quantitative estimate of drug-likeness (QED) is 0.903. The molecule has 1 fully saturated rings. The molecule has 3 rings (SSSR count). The molecule has 132 valence electrons. The highest BCUT2D eigenvalue weighted by atomic mass is 16.4. The smallest absolute Gasteiger partial charge is 0.335 e. The molecule has 0 saturated carbocycles. The van der Waals surface area contributed by atoms with Gasteiger partial charge in [0.2, 0.25) is 0 Å². The third-order valence-electron chi connectivity index (χ3n) is 4.91. The molecule has 0 spiro atoms. The zero-order valence-corrected chi connectivity index (χ0v) is 14.9. The summed E-state index contributed by atoms with van der Waals surface area (Å²) in [6.45, 7) is 6.85. The van der Waals surface area contributed by atoms with Gasteiger partial charge in [0.05, 0.1) is 23.1 Å². The minimum atomic E-state index is -0.920. The number of carbonyl (C=O) groups is 1. The van der Waals surface area contributed by atoms with Gasteiger partial charge in [-0.15, -0.1) is 0 Å². The molecule has 1 aliphatic rings. The molecule has 1 aliphatic heterocycles. The van der Waals surface area contributed by atoms with Gasteiger partial charge in [-0.2, -0.15) is 0 Å². The molecular weight excluding hydrogens is 314 g/mol. The first-order chi connectivity index (χ1) is 12.0. The number of aromatic nitrogens is 2. The Kier molecular flexibility index (Phi) is 5.43. The summed E-state index contributed by atoms with van der Waals surface area (Å²) in [6.07, 6.45) is 7.12. The molecule has 2 heterocycles. The van der Waals surface area contributed by atoms with Gasteiger partial charge in [0.15, 0.2) is 0 Å². The van der Waals surface area contributed by atoms with Crippen molar-refractivity contribution in [3.05, 3.63) is 47.9 Å². The number of carboxylic acid groups (broad SMARTS) is 1. The highest BCUT2D eigenvalue weighted by molar-refractivity contribution is 5.88. The molecule has 1 N–H and O–H groups in total. The second-order valence-electron chi connectivity index (χ2n) is 7.08. The lowest BCUT2D eigenvalue weighted by Crippen LogP contribution is -2.40. The second-order valence-corrected chi connectivity index (χ2v) is 7.08. The summed E-state index contributed by atoms with van der Waals surface area (Å²) in [7, 11) is 0. The van der Waals surface area contributed by atoms with Crippen LogP contribution in [0.4, 0.5) is 0 Å². The molecule has 1 aromatic carbocycles. The number of hydrogen-bond donors (Lipinski definition) is 1. The summed E-state index contributed by atoms with van der Waals surface area (Å²) >= 11 is 0. The highest BCUT2D eigenvalue weighted by Crippen LogP contribution is 2.22. The fraction of sp³-hybridized carbons (Fsp3) is 0.450. The standard InChI is InChI=1S/C20H25N3O2/c1-14(2)23-9-3-4-15(13-23)10-18-11-22-19(12-21-18)16-5-7-17(8-6-16)20(24)25/h5-8,11-12,14-15H,3-4,9-10,13H2,1-2H3,(H,24,25)/t15-/m0/s1. The minimum Gasteiger partial charge on any atom is -0.478 e. The van der Waals surface area contributed by atoms with E-state index < -0.39 is 5.97 Å². The van der Waals surface area contributed by atoms with Crippen LogP contribution in [0.25, 0.3) is 11.3 Å². The van der Waals surface area contributed by atoms with Crippen LogP contribution in [0, 0.1) is 5.92 Å². The van der Waals surface area contributed by atoms with Crippen molar-refractivity contribution in [1.82, 2.24) is 14.9 Å². The molecule has 5 nitrogen and oxygen atoms in total. The summed E-state index contributed by atoms with van der Waals surface area (Å²) in [5, 5.41) is 8.96. The molecule has 25 heavy (non-hydrogen) atoms. The van der Waals surface area contributed by atoms with E-state index >= 15 is 0 Å². The fourth-order valence-corrected chi connectivity index (χ4v) is 3.42.